The van der Waals surface area contributed by atoms with Crippen molar-refractivity contribution in [2.75, 3.05) is 20.8 Å². The van der Waals surface area contributed by atoms with Gasteiger partial charge in [0, 0.05) is 12.1 Å². The second-order valence-electron chi connectivity index (χ2n) is 3.04. The van der Waals surface area contributed by atoms with Crippen molar-refractivity contribution in [2.24, 2.45) is 5.73 Å². The van der Waals surface area contributed by atoms with Crippen molar-refractivity contribution >= 4 is 0 Å². The van der Waals surface area contributed by atoms with Gasteiger partial charge < -0.3 is 25.6 Å². The van der Waals surface area contributed by atoms with Crippen LogP contribution in [0.3, 0.4) is 0 Å². The summed E-state index contributed by atoms with van der Waals surface area (Å²) in [7, 11) is 2.69. The molecule has 6 heteroatoms. The van der Waals surface area contributed by atoms with Crippen LogP contribution < -0.4 is 15.4 Å². The molecule has 0 saturated heterocycles. The number of rotatable bonds is 5. The molecule has 0 amide bonds. The molecule has 0 aliphatic heterocycles. The SMILES string of the molecule is COOc1c(O)ccc(C(O)CN)c1OC. The Bertz CT molecular complexity index is 355. The van der Waals surface area contributed by atoms with E-state index >= 15 is 0 Å². The summed E-state index contributed by atoms with van der Waals surface area (Å²) in [5.74, 6) is 0.0569. The summed E-state index contributed by atoms with van der Waals surface area (Å²) in [5.41, 5.74) is 5.78. The first-order valence-electron chi connectivity index (χ1n) is 4.64. The second-order valence-corrected chi connectivity index (χ2v) is 3.04. The van der Waals surface area contributed by atoms with E-state index in [1.54, 1.807) is 0 Å². The van der Waals surface area contributed by atoms with Crippen LogP contribution in [0.1, 0.15) is 11.7 Å². The summed E-state index contributed by atoms with van der Waals surface area (Å²) in [6.07, 6.45) is -0.894. The maximum atomic E-state index is 9.64. The van der Waals surface area contributed by atoms with E-state index in [2.05, 4.69) is 4.89 Å². The lowest BCUT2D eigenvalue weighted by Gasteiger charge is -2.16. The highest BCUT2D eigenvalue weighted by molar-refractivity contribution is 5.55. The van der Waals surface area contributed by atoms with Crippen LogP contribution in [-0.2, 0) is 4.89 Å². The zero-order valence-electron chi connectivity index (χ0n) is 9.14. The summed E-state index contributed by atoms with van der Waals surface area (Å²) < 4.78 is 5.05. The first-order valence-corrected chi connectivity index (χ1v) is 4.64. The number of aliphatic hydroxyl groups is 1. The van der Waals surface area contributed by atoms with Crippen LogP contribution >= 0.6 is 0 Å². The van der Waals surface area contributed by atoms with Gasteiger partial charge >= 0.3 is 0 Å². The molecule has 0 fully saturated rings. The van der Waals surface area contributed by atoms with Gasteiger partial charge in [0.05, 0.1) is 20.3 Å². The van der Waals surface area contributed by atoms with Gasteiger partial charge in [0.1, 0.15) is 0 Å². The number of aliphatic hydroxyl groups excluding tert-OH is 1. The monoisotopic (exact) mass is 229 g/mol. The number of methoxy groups -OCH3 is 1. The normalized spacial score (nSPS) is 12.2. The van der Waals surface area contributed by atoms with E-state index in [0.29, 0.717) is 5.56 Å². The predicted octanol–water partition coefficient (Wildman–Crippen LogP) is 0.333. The molecule has 6 nitrogen and oxygen atoms in total. The molecule has 0 radical (unpaired) electrons. The molecule has 1 aromatic carbocycles. The first-order chi connectivity index (χ1) is 7.65. The zero-order valence-corrected chi connectivity index (χ0v) is 9.14. The van der Waals surface area contributed by atoms with Gasteiger partial charge in [-0.25, -0.2) is 0 Å². The Kier molecular flexibility index (Phi) is 4.36. The summed E-state index contributed by atoms with van der Waals surface area (Å²) in [6.45, 7) is 0.0353. The summed E-state index contributed by atoms with van der Waals surface area (Å²) >= 11 is 0. The number of benzene rings is 1. The lowest BCUT2D eigenvalue weighted by Crippen LogP contribution is -2.13. The summed E-state index contributed by atoms with van der Waals surface area (Å²) in [5, 5.41) is 19.2. The minimum absolute atomic E-state index is 0.00926. The Hall–Kier alpha value is -1.50. The predicted molar refractivity (Wildman–Crippen MR) is 56.3 cm³/mol. The largest absolute Gasteiger partial charge is 0.504 e. The zero-order chi connectivity index (χ0) is 12.1. The highest BCUT2D eigenvalue weighted by atomic mass is 17.2. The molecule has 0 bridgehead atoms. The Morgan fingerprint density at radius 3 is 2.50 bits per heavy atom. The molecule has 90 valence electrons. The number of hydrogen-bond acceptors (Lipinski definition) is 6. The smallest absolute Gasteiger partial charge is 0.248 e. The molecule has 16 heavy (non-hydrogen) atoms. The molecular formula is C10H15NO5. The van der Waals surface area contributed by atoms with Crippen molar-refractivity contribution < 1.29 is 24.7 Å². The minimum atomic E-state index is -0.894. The molecule has 4 N–H and O–H groups in total. The average Bonchev–Trinajstić information content (AvgIpc) is 2.30. The number of aromatic hydroxyl groups is 1. The van der Waals surface area contributed by atoms with E-state index in [1.807, 2.05) is 0 Å². The molecule has 1 aromatic rings. The fourth-order valence-corrected chi connectivity index (χ4v) is 1.33. The van der Waals surface area contributed by atoms with Crippen LogP contribution in [0.25, 0.3) is 0 Å². The van der Waals surface area contributed by atoms with Gasteiger partial charge in [0.15, 0.2) is 11.5 Å². The third kappa shape index (κ3) is 2.35. The van der Waals surface area contributed by atoms with E-state index < -0.39 is 6.10 Å². The minimum Gasteiger partial charge on any atom is -0.504 e. The lowest BCUT2D eigenvalue weighted by atomic mass is 10.1. The number of nitrogens with two attached hydrogens (primary N) is 1. The molecule has 0 saturated carbocycles. The van der Waals surface area contributed by atoms with Gasteiger partial charge in [-0.1, -0.05) is 0 Å². The van der Waals surface area contributed by atoms with Crippen molar-refractivity contribution in [3.8, 4) is 17.2 Å². The quantitative estimate of drug-likeness (QED) is 0.497. The topological polar surface area (TPSA) is 94.2 Å². The molecule has 0 aliphatic rings. The van der Waals surface area contributed by atoms with Crippen molar-refractivity contribution in [1.82, 2.24) is 0 Å². The van der Waals surface area contributed by atoms with Crippen LogP contribution in [0.15, 0.2) is 12.1 Å². The van der Waals surface area contributed by atoms with Gasteiger partial charge in [0.25, 0.3) is 0 Å². The molecule has 0 aromatic heterocycles. The van der Waals surface area contributed by atoms with E-state index in [0.717, 1.165) is 0 Å². The van der Waals surface area contributed by atoms with E-state index in [4.69, 9.17) is 15.4 Å². The number of hydrogen-bond donors (Lipinski definition) is 3. The Labute approximate surface area is 93.1 Å². The summed E-state index contributed by atoms with van der Waals surface area (Å²) in [6, 6.07) is 2.87. The molecule has 1 rings (SSSR count). The van der Waals surface area contributed by atoms with Gasteiger partial charge in [-0.15, -0.1) is 0 Å². The van der Waals surface area contributed by atoms with Gasteiger partial charge in [-0.05, 0) is 12.1 Å². The third-order valence-corrected chi connectivity index (χ3v) is 2.07. The molecule has 0 heterocycles. The Morgan fingerprint density at radius 1 is 1.31 bits per heavy atom. The highest BCUT2D eigenvalue weighted by Crippen LogP contribution is 2.41. The standard InChI is InChI=1S/C10H15NO5/c1-14-9-6(8(13)5-11)3-4-7(12)10(9)16-15-2/h3-4,8,12-13H,5,11H2,1-2H3. The Balaban J connectivity index is 3.24. The number of ether oxygens (including phenoxy) is 1. The molecule has 0 aliphatic carbocycles. The number of phenolic OH excluding ortho intramolecular Hbond substituents is 1. The van der Waals surface area contributed by atoms with Crippen LogP contribution in [0, 0.1) is 0 Å². The van der Waals surface area contributed by atoms with Crippen LogP contribution in [0.2, 0.25) is 0 Å². The van der Waals surface area contributed by atoms with Gasteiger partial charge in [-0.3, -0.25) is 0 Å². The second kappa shape index (κ2) is 5.55. The Morgan fingerprint density at radius 2 is 2.00 bits per heavy atom. The van der Waals surface area contributed by atoms with Crippen molar-refractivity contribution in [3.63, 3.8) is 0 Å². The first kappa shape index (κ1) is 12.6. The maximum absolute atomic E-state index is 9.64. The van der Waals surface area contributed by atoms with Crippen molar-refractivity contribution in [3.05, 3.63) is 17.7 Å². The van der Waals surface area contributed by atoms with Crippen molar-refractivity contribution in [1.29, 1.82) is 0 Å². The van der Waals surface area contributed by atoms with Crippen LogP contribution in [0.4, 0.5) is 0 Å². The average molecular weight is 229 g/mol. The molecule has 0 spiro atoms. The van der Waals surface area contributed by atoms with E-state index in [-0.39, 0.29) is 23.8 Å². The molecule has 1 unspecified atom stereocenters. The summed E-state index contributed by atoms with van der Waals surface area (Å²) in [4.78, 5) is 9.23. The highest BCUT2D eigenvalue weighted by Gasteiger charge is 2.20. The fraction of sp³-hybridized carbons (Fsp3) is 0.400. The van der Waals surface area contributed by atoms with Gasteiger partial charge in [-0.2, -0.15) is 4.89 Å². The van der Waals surface area contributed by atoms with Crippen molar-refractivity contribution in [2.45, 2.75) is 6.10 Å². The third-order valence-electron chi connectivity index (χ3n) is 2.07. The molecular weight excluding hydrogens is 214 g/mol. The maximum Gasteiger partial charge on any atom is 0.248 e. The molecule has 1 atom stereocenters. The van der Waals surface area contributed by atoms with Crippen LogP contribution in [0.5, 0.6) is 17.2 Å². The van der Waals surface area contributed by atoms with Gasteiger partial charge in [0.2, 0.25) is 5.75 Å². The fourth-order valence-electron chi connectivity index (χ4n) is 1.33. The van der Waals surface area contributed by atoms with Crippen LogP contribution in [-0.4, -0.2) is 31.0 Å². The van der Waals surface area contributed by atoms with E-state index in [9.17, 15) is 10.2 Å². The number of phenols is 1. The lowest BCUT2D eigenvalue weighted by molar-refractivity contribution is -0.180. The van der Waals surface area contributed by atoms with E-state index in [1.165, 1.54) is 26.4 Å².